The van der Waals surface area contributed by atoms with Crippen molar-refractivity contribution in [2.45, 2.75) is 39.0 Å². The molecule has 1 heteroatoms. The first-order chi connectivity index (χ1) is 6.70. The maximum atomic E-state index is 11.5. The van der Waals surface area contributed by atoms with Gasteiger partial charge in [0.05, 0.1) is 0 Å². The van der Waals surface area contributed by atoms with E-state index in [0.717, 1.165) is 19.3 Å². The van der Waals surface area contributed by atoms with Crippen molar-refractivity contribution in [2.75, 3.05) is 0 Å². The molecule has 2 rings (SSSR count). The van der Waals surface area contributed by atoms with Crippen molar-refractivity contribution in [1.82, 2.24) is 0 Å². The lowest BCUT2D eigenvalue weighted by Gasteiger charge is -2.25. The molecule has 0 aliphatic heterocycles. The van der Waals surface area contributed by atoms with Crippen LogP contribution in [0, 0.1) is 6.92 Å². The van der Waals surface area contributed by atoms with Gasteiger partial charge in [-0.15, -0.1) is 0 Å². The van der Waals surface area contributed by atoms with E-state index >= 15 is 0 Å². The zero-order chi connectivity index (χ0) is 10.1. The molecule has 1 aliphatic carbocycles. The van der Waals surface area contributed by atoms with Gasteiger partial charge in [-0.25, -0.2) is 0 Å². The van der Waals surface area contributed by atoms with Crippen LogP contribution >= 0.6 is 0 Å². The molecule has 0 N–H and O–H groups in total. The first kappa shape index (κ1) is 9.45. The van der Waals surface area contributed by atoms with E-state index in [1.54, 1.807) is 6.92 Å². The lowest BCUT2D eigenvalue weighted by molar-refractivity contribution is -0.118. The second kappa shape index (κ2) is 3.56. The summed E-state index contributed by atoms with van der Waals surface area (Å²) in [6.45, 7) is 3.83. The van der Waals surface area contributed by atoms with E-state index in [1.165, 1.54) is 16.7 Å². The highest BCUT2D eigenvalue weighted by molar-refractivity contribution is 5.84. The van der Waals surface area contributed by atoms with Crippen molar-refractivity contribution in [1.29, 1.82) is 0 Å². The number of Topliss-reactive ketones (excluding diaryl/α,β-unsaturated/α-hetero) is 1. The van der Waals surface area contributed by atoms with Gasteiger partial charge in [-0.2, -0.15) is 0 Å². The van der Waals surface area contributed by atoms with Crippen LogP contribution in [0.3, 0.4) is 0 Å². The molecule has 14 heavy (non-hydrogen) atoms. The third-order valence-electron chi connectivity index (χ3n) is 3.19. The van der Waals surface area contributed by atoms with Crippen LogP contribution in [-0.2, 0) is 11.2 Å². The van der Waals surface area contributed by atoms with Crippen molar-refractivity contribution in [3.8, 4) is 0 Å². The Morgan fingerprint density at radius 2 is 2.21 bits per heavy atom. The molecule has 1 unspecified atom stereocenters. The van der Waals surface area contributed by atoms with Gasteiger partial charge in [0.2, 0.25) is 0 Å². The summed E-state index contributed by atoms with van der Waals surface area (Å²) in [6.07, 6.45) is 3.33. The summed E-state index contributed by atoms with van der Waals surface area (Å²) in [5, 5.41) is 0. The largest absolute Gasteiger partial charge is 0.299 e. The lowest BCUT2D eigenvalue weighted by Crippen LogP contribution is -2.17. The number of hydrogen-bond acceptors (Lipinski definition) is 1. The third kappa shape index (κ3) is 1.47. The Morgan fingerprint density at radius 3 is 2.93 bits per heavy atom. The molecule has 0 radical (unpaired) electrons. The van der Waals surface area contributed by atoms with Crippen LogP contribution in [0.5, 0.6) is 0 Å². The Morgan fingerprint density at radius 1 is 1.43 bits per heavy atom. The summed E-state index contributed by atoms with van der Waals surface area (Å²) in [5.41, 5.74) is 3.98. The molecule has 0 saturated carbocycles. The average Bonchev–Trinajstić information content (AvgIpc) is 2.17. The quantitative estimate of drug-likeness (QED) is 0.662. The summed E-state index contributed by atoms with van der Waals surface area (Å²) in [5.74, 6) is 0.486. The number of fused-ring (bicyclic) bond motifs is 1. The molecular formula is C13H16O. The van der Waals surface area contributed by atoms with E-state index in [0.29, 0.717) is 5.78 Å². The fourth-order valence-electron chi connectivity index (χ4n) is 2.51. The highest BCUT2D eigenvalue weighted by Gasteiger charge is 2.24. The second-order valence-electron chi connectivity index (χ2n) is 4.20. The fraction of sp³-hybridized carbons (Fsp3) is 0.462. The van der Waals surface area contributed by atoms with Crippen molar-refractivity contribution < 1.29 is 4.79 Å². The molecule has 0 aromatic heterocycles. The Kier molecular flexibility index (Phi) is 2.40. The maximum absolute atomic E-state index is 11.5. The summed E-state index contributed by atoms with van der Waals surface area (Å²) in [6, 6.07) is 6.37. The molecule has 0 bridgehead atoms. The molecule has 1 aromatic carbocycles. The van der Waals surface area contributed by atoms with Crippen molar-refractivity contribution in [3.63, 3.8) is 0 Å². The van der Waals surface area contributed by atoms with Crippen LogP contribution < -0.4 is 0 Å². The lowest BCUT2D eigenvalue weighted by atomic mass is 9.79. The smallest absolute Gasteiger partial charge is 0.137 e. The minimum Gasteiger partial charge on any atom is -0.299 e. The molecule has 0 fully saturated rings. The van der Waals surface area contributed by atoms with E-state index in [2.05, 4.69) is 25.1 Å². The van der Waals surface area contributed by atoms with Crippen molar-refractivity contribution in [3.05, 3.63) is 34.9 Å². The molecule has 1 aromatic rings. The zero-order valence-electron chi connectivity index (χ0n) is 8.84. The summed E-state index contributed by atoms with van der Waals surface area (Å²) in [7, 11) is 0. The first-order valence-electron chi connectivity index (χ1n) is 5.29. The molecule has 74 valence electrons. The van der Waals surface area contributed by atoms with Crippen LogP contribution in [0.15, 0.2) is 18.2 Å². The van der Waals surface area contributed by atoms with Gasteiger partial charge < -0.3 is 0 Å². The summed E-state index contributed by atoms with van der Waals surface area (Å²) in [4.78, 5) is 11.5. The van der Waals surface area contributed by atoms with Gasteiger partial charge in [-0.1, -0.05) is 18.2 Å². The summed E-state index contributed by atoms with van der Waals surface area (Å²) >= 11 is 0. The Bertz CT molecular complexity index is 365. The minimum atomic E-state index is 0.167. The van der Waals surface area contributed by atoms with Crippen LogP contribution in [-0.4, -0.2) is 5.78 Å². The van der Waals surface area contributed by atoms with E-state index in [4.69, 9.17) is 0 Å². The van der Waals surface area contributed by atoms with E-state index in [-0.39, 0.29) is 5.92 Å². The number of benzene rings is 1. The highest BCUT2D eigenvalue weighted by Crippen LogP contribution is 2.34. The number of carbonyl (C=O) groups is 1. The predicted octanol–water partition coefficient (Wildman–Crippen LogP) is 3.00. The molecule has 0 spiro atoms. The maximum Gasteiger partial charge on any atom is 0.137 e. The standard InChI is InChI=1S/C13H16O/c1-9-5-3-6-11-7-4-8-12(10(2)14)13(9)11/h3,5-6,12H,4,7-8H2,1-2H3. The number of ketones is 1. The minimum absolute atomic E-state index is 0.167. The van der Waals surface area contributed by atoms with E-state index in [1.807, 2.05) is 0 Å². The van der Waals surface area contributed by atoms with E-state index in [9.17, 15) is 4.79 Å². The second-order valence-corrected chi connectivity index (χ2v) is 4.20. The average molecular weight is 188 g/mol. The number of carbonyl (C=O) groups excluding carboxylic acids is 1. The number of hydrogen-bond donors (Lipinski definition) is 0. The third-order valence-corrected chi connectivity index (χ3v) is 3.19. The number of rotatable bonds is 1. The van der Waals surface area contributed by atoms with Gasteiger partial charge in [0, 0.05) is 5.92 Å². The van der Waals surface area contributed by atoms with Crippen LogP contribution in [0.2, 0.25) is 0 Å². The van der Waals surface area contributed by atoms with Gasteiger partial charge >= 0.3 is 0 Å². The van der Waals surface area contributed by atoms with Gasteiger partial charge in [0.25, 0.3) is 0 Å². The molecule has 1 aliphatic rings. The molecule has 0 amide bonds. The topological polar surface area (TPSA) is 17.1 Å². The van der Waals surface area contributed by atoms with Gasteiger partial charge in [-0.3, -0.25) is 4.79 Å². The molecule has 0 heterocycles. The van der Waals surface area contributed by atoms with E-state index < -0.39 is 0 Å². The molecular weight excluding hydrogens is 172 g/mol. The Hall–Kier alpha value is -1.11. The molecule has 1 atom stereocenters. The fourth-order valence-corrected chi connectivity index (χ4v) is 2.51. The highest BCUT2D eigenvalue weighted by atomic mass is 16.1. The molecule has 1 nitrogen and oxygen atoms in total. The Balaban J connectivity index is 2.52. The molecule has 0 saturated heterocycles. The normalized spacial score (nSPS) is 20.3. The van der Waals surface area contributed by atoms with Gasteiger partial charge in [0.15, 0.2) is 0 Å². The predicted molar refractivity (Wildman–Crippen MR) is 57.5 cm³/mol. The SMILES string of the molecule is CC(=O)C1CCCc2cccc(C)c21. The van der Waals surface area contributed by atoms with Crippen molar-refractivity contribution >= 4 is 5.78 Å². The summed E-state index contributed by atoms with van der Waals surface area (Å²) < 4.78 is 0. The van der Waals surface area contributed by atoms with Crippen molar-refractivity contribution in [2.24, 2.45) is 0 Å². The van der Waals surface area contributed by atoms with Crippen LogP contribution in [0.1, 0.15) is 42.4 Å². The van der Waals surface area contributed by atoms with Crippen LogP contribution in [0.25, 0.3) is 0 Å². The zero-order valence-corrected chi connectivity index (χ0v) is 8.84. The van der Waals surface area contributed by atoms with Gasteiger partial charge in [0.1, 0.15) is 5.78 Å². The van der Waals surface area contributed by atoms with Gasteiger partial charge in [-0.05, 0) is 49.8 Å². The first-order valence-corrected chi connectivity index (χ1v) is 5.29. The Labute approximate surface area is 85.1 Å². The number of aryl methyl sites for hydroxylation is 2. The monoisotopic (exact) mass is 188 g/mol. The van der Waals surface area contributed by atoms with Crippen LogP contribution in [0.4, 0.5) is 0 Å².